The van der Waals surface area contributed by atoms with Crippen LogP contribution in [0.15, 0.2) is 24.3 Å². The molecule has 1 fully saturated rings. The molecule has 3 heterocycles. The molecule has 0 spiro atoms. The van der Waals surface area contributed by atoms with Crippen molar-refractivity contribution in [1.82, 2.24) is 14.7 Å². The molecular formula is C20H19N5O4. The van der Waals surface area contributed by atoms with E-state index in [1.807, 2.05) is 0 Å². The van der Waals surface area contributed by atoms with E-state index in [0.717, 1.165) is 0 Å². The Bertz CT molecular complexity index is 1110. The number of likely N-dealkylation sites (N-methyl/N-ethyl adjacent to an activating group) is 1. The summed E-state index contributed by atoms with van der Waals surface area (Å²) >= 11 is 0. The number of hydrogen-bond donors (Lipinski definition) is 3. The third kappa shape index (κ3) is 3.23. The van der Waals surface area contributed by atoms with Crippen molar-refractivity contribution in [3.63, 3.8) is 0 Å². The van der Waals surface area contributed by atoms with Gasteiger partial charge in [0.1, 0.15) is 0 Å². The lowest BCUT2D eigenvalue weighted by Crippen LogP contribution is -2.37. The van der Waals surface area contributed by atoms with Crippen LogP contribution < -0.4 is 11.1 Å². The number of hydrogen-bond acceptors (Lipinski definition) is 5. The Labute approximate surface area is 166 Å². The van der Waals surface area contributed by atoms with Gasteiger partial charge in [0.15, 0.2) is 5.69 Å². The molecule has 3 amide bonds. The van der Waals surface area contributed by atoms with Gasteiger partial charge in [-0.3, -0.25) is 14.4 Å². The molecule has 0 aliphatic carbocycles. The quantitative estimate of drug-likeness (QED) is 0.609. The monoisotopic (exact) mass is 393 g/mol. The van der Waals surface area contributed by atoms with Crippen molar-refractivity contribution >= 4 is 23.4 Å². The molecule has 1 aromatic heterocycles. The van der Waals surface area contributed by atoms with Crippen LogP contribution in [-0.4, -0.2) is 56.7 Å². The van der Waals surface area contributed by atoms with Gasteiger partial charge in [0.2, 0.25) is 11.5 Å². The lowest BCUT2D eigenvalue weighted by Gasteiger charge is -2.15. The minimum absolute atomic E-state index is 0.00145. The Balaban J connectivity index is 1.72. The third-order valence-electron chi connectivity index (χ3n) is 5.08. The van der Waals surface area contributed by atoms with E-state index in [2.05, 4.69) is 22.3 Å². The molecule has 29 heavy (non-hydrogen) atoms. The molecule has 2 aromatic rings. The van der Waals surface area contributed by atoms with E-state index in [-0.39, 0.29) is 24.4 Å². The Morgan fingerprint density at radius 2 is 2.14 bits per heavy atom. The number of rotatable bonds is 2. The fourth-order valence-corrected chi connectivity index (χ4v) is 3.50. The second-order valence-corrected chi connectivity index (χ2v) is 7.13. The van der Waals surface area contributed by atoms with Crippen molar-refractivity contribution in [3.05, 3.63) is 41.2 Å². The molecule has 9 heteroatoms. The van der Waals surface area contributed by atoms with Gasteiger partial charge in [0.25, 0.3) is 11.8 Å². The van der Waals surface area contributed by atoms with Gasteiger partial charge in [-0.1, -0.05) is 17.9 Å². The van der Waals surface area contributed by atoms with E-state index in [0.29, 0.717) is 35.6 Å². The maximum absolute atomic E-state index is 12.1. The number of aliphatic hydroxyl groups is 1. The lowest BCUT2D eigenvalue weighted by atomic mass is 10.0. The highest BCUT2D eigenvalue weighted by Gasteiger charge is 2.42. The number of nitrogens with two attached hydrogens (primary N) is 1. The number of likely N-dealkylation sites (tertiary alicyclic amines) is 1. The van der Waals surface area contributed by atoms with Gasteiger partial charge in [-0.2, -0.15) is 5.10 Å². The predicted octanol–water partition coefficient (Wildman–Crippen LogP) is -0.199. The van der Waals surface area contributed by atoms with Crippen molar-refractivity contribution < 1.29 is 19.5 Å². The summed E-state index contributed by atoms with van der Waals surface area (Å²) < 4.78 is 1.56. The van der Waals surface area contributed by atoms with E-state index in [9.17, 15) is 19.5 Å². The molecule has 0 bridgehead atoms. The molecule has 9 nitrogen and oxygen atoms in total. The van der Waals surface area contributed by atoms with E-state index < -0.39 is 17.4 Å². The van der Waals surface area contributed by atoms with Crippen molar-refractivity contribution in [2.75, 3.05) is 18.9 Å². The molecule has 1 atom stereocenters. The maximum Gasteiger partial charge on any atom is 0.271 e. The molecule has 4 rings (SSSR count). The van der Waals surface area contributed by atoms with Crippen molar-refractivity contribution in [1.29, 1.82) is 0 Å². The highest BCUT2D eigenvalue weighted by atomic mass is 16.3. The smallest absolute Gasteiger partial charge is 0.271 e. The summed E-state index contributed by atoms with van der Waals surface area (Å²) in [4.78, 5) is 37.0. The first-order valence-corrected chi connectivity index (χ1v) is 9.11. The second-order valence-electron chi connectivity index (χ2n) is 7.13. The number of primary amides is 1. The summed E-state index contributed by atoms with van der Waals surface area (Å²) in [5.74, 6) is 4.19. The number of fused-ring (bicyclic) bond motifs is 1. The number of carbonyl (C=O) groups is 3. The molecule has 1 saturated heterocycles. The summed E-state index contributed by atoms with van der Waals surface area (Å²) in [6.07, 6.45) is 0.945. The lowest BCUT2D eigenvalue weighted by molar-refractivity contribution is -0.137. The minimum atomic E-state index is -1.68. The largest absolute Gasteiger partial charge is 0.369 e. The molecule has 0 saturated carbocycles. The number of benzene rings is 1. The van der Waals surface area contributed by atoms with Crippen LogP contribution in [0.5, 0.6) is 0 Å². The number of nitrogens with one attached hydrogen (secondary N) is 1. The van der Waals surface area contributed by atoms with E-state index in [1.165, 1.54) is 4.90 Å². The molecule has 1 unspecified atom stereocenters. The first kappa shape index (κ1) is 18.7. The van der Waals surface area contributed by atoms with Crippen molar-refractivity contribution in [3.8, 4) is 17.5 Å². The number of carbonyl (C=O) groups excluding carboxylic acids is 3. The van der Waals surface area contributed by atoms with Crippen LogP contribution in [0.3, 0.4) is 0 Å². The van der Waals surface area contributed by atoms with Gasteiger partial charge in [-0.15, -0.1) is 0 Å². The number of nitrogens with zero attached hydrogens (tertiary/aromatic N) is 3. The first-order chi connectivity index (χ1) is 13.8. The van der Waals surface area contributed by atoms with Crippen LogP contribution in [0.4, 0.5) is 5.69 Å². The maximum atomic E-state index is 12.1. The average Bonchev–Trinajstić information content (AvgIpc) is 3.20. The summed E-state index contributed by atoms with van der Waals surface area (Å²) in [5, 5.41) is 17.4. The fraction of sp³-hybridized carbons (Fsp3) is 0.300. The second kappa shape index (κ2) is 6.76. The zero-order chi connectivity index (χ0) is 20.8. The molecule has 1 aromatic carbocycles. The highest BCUT2D eigenvalue weighted by Crippen LogP contribution is 2.29. The highest BCUT2D eigenvalue weighted by molar-refractivity contribution is 6.03. The minimum Gasteiger partial charge on any atom is -0.369 e. The molecule has 0 radical (unpaired) electrons. The van der Waals surface area contributed by atoms with Crippen LogP contribution in [0.1, 0.15) is 34.6 Å². The third-order valence-corrected chi connectivity index (χ3v) is 5.08. The topological polar surface area (TPSA) is 131 Å². The SMILES string of the molecule is CN1CCC(O)(C#Cc2cccc(-n3nc(C(N)=O)c4c3CCC(=O)N4)c2)C1=O. The Morgan fingerprint density at radius 3 is 2.83 bits per heavy atom. The molecule has 2 aliphatic rings. The summed E-state index contributed by atoms with van der Waals surface area (Å²) in [6.45, 7) is 0.449. The van der Waals surface area contributed by atoms with E-state index >= 15 is 0 Å². The summed E-state index contributed by atoms with van der Waals surface area (Å²) in [6, 6.07) is 7.01. The van der Waals surface area contributed by atoms with Crippen LogP contribution in [-0.2, 0) is 16.0 Å². The first-order valence-electron chi connectivity index (χ1n) is 9.11. The summed E-state index contributed by atoms with van der Waals surface area (Å²) in [5.41, 5.74) is 5.93. The molecule has 148 valence electrons. The van der Waals surface area contributed by atoms with Crippen LogP contribution >= 0.6 is 0 Å². The molecule has 4 N–H and O–H groups in total. The van der Waals surface area contributed by atoms with Crippen LogP contribution in [0, 0.1) is 11.8 Å². The Kier molecular flexibility index (Phi) is 4.36. The van der Waals surface area contributed by atoms with Gasteiger partial charge < -0.3 is 21.1 Å². The normalized spacial score (nSPS) is 20.7. The zero-order valence-corrected chi connectivity index (χ0v) is 15.7. The Morgan fingerprint density at radius 1 is 1.34 bits per heavy atom. The molecular weight excluding hydrogens is 374 g/mol. The fourth-order valence-electron chi connectivity index (χ4n) is 3.50. The number of amides is 3. The van der Waals surface area contributed by atoms with E-state index in [1.54, 1.807) is 36.0 Å². The Hall–Kier alpha value is -3.64. The van der Waals surface area contributed by atoms with Gasteiger partial charge in [0, 0.05) is 38.4 Å². The average molecular weight is 393 g/mol. The summed E-state index contributed by atoms with van der Waals surface area (Å²) in [7, 11) is 1.62. The van der Waals surface area contributed by atoms with Crippen LogP contribution in [0.2, 0.25) is 0 Å². The van der Waals surface area contributed by atoms with Crippen LogP contribution in [0.25, 0.3) is 5.69 Å². The van der Waals surface area contributed by atoms with Gasteiger partial charge in [-0.25, -0.2) is 4.68 Å². The molecule has 2 aliphatic heterocycles. The number of aromatic nitrogens is 2. The van der Waals surface area contributed by atoms with Gasteiger partial charge >= 0.3 is 0 Å². The van der Waals surface area contributed by atoms with E-state index in [4.69, 9.17) is 5.73 Å². The van der Waals surface area contributed by atoms with Crippen molar-refractivity contribution in [2.45, 2.75) is 24.9 Å². The predicted molar refractivity (Wildman–Crippen MR) is 103 cm³/mol. The van der Waals surface area contributed by atoms with Crippen molar-refractivity contribution in [2.24, 2.45) is 5.73 Å². The zero-order valence-electron chi connectivity index (χ0n) is 15.7. The van der Waals surface area contributed by atoms with Gasteiger partial charge in [-0.05, 0) is 18.2 Å². The van der Waals surface area contributed by atoms with Gasteiger partial charge in [0.05, 0.1) is 17.1 Å². The standard InChI is InChI=1S/C20H19N5O4/c1-24-10-9-20(29,19(24)28)8-7-12-3-2-4-13(11-12)25-14-5-6-15(26)22-16(14)17(23-25)18(21)27/h2-4,11,29H,5-6,9-10H2,1H3,(H2,21,27)(H,22,26). The number of anilines is 1.